The van der Waals surface area contributed by atoms with Gasteiger partial charge in [-0.25, -0.2) is 0 Å². The molecule has 3 nitrogen and oxygen atoms in total. The van der Waals surface area contributed by atoms with Gasteiger partial charge in [-0.3, -0.25) is 0 Å². The molecule has 0 radical (unpaired) electrons. The van der Waals surface area contributed by atoms with E-state index < -0.39 is 0 Å². The molecule has 0 bridgehead atoms. The molecule has 17 heavy (non-hydrogen) atoms. The minimum Gasteiger partial charge on any atom is -0.497 e. The van der Waals surface area contributed by atoms with Crippen LogP contribution < -0.4 is 10.1 Å². The Labute approximate surface area is 102 Å². The van der Waals surface area contributed by atoms with Gasteiger partial charge in [0.15, 0.2) is 0 Å². The summed E-state index contributed by atoms with van der Waals surface area (Å²) in [6.45, 7) is 7.10. The SMILES string of the molecule is COc1ccc2oc(CNC(C)C)c(C)c2c1. The maximum Gasteiger partial charge on any atom is 0.134 e. The number of furan rings is 1. The van der Waals surface area contributed by atoms with Crippen molar-refractivity contribution in [2.24, 2.45) is 0 Å². The Morgan fingerprint density at radius 3 is 2.76 bits per heavy atom. The fraction of sp³-hybridized carbons (Fsp3) is 0.429. The first kappa shape index (κ1) is 12.0. The average Bonchev–Trinajstić information content (AvgIpc) is 2.63. The Morgan fingerprint density at radius 1 is 1.35 bits per heavy atom. The summed E-state index contributed by atoms with van der Waals surface area (Å²) in [5, 5.41) is 4.50. The maximum atomic E-state index is 5.83. The molecule has 0 aliphatic heterocycles. The van der Waals surface area contributed by atoms with E-state index in [0.717, 1.165) is 29.0 Å². The van der Waals surface area contributed by atoms with Gasteiger partial charge in [-0.05, 0) is 30.7 Å². The zero-order chi connectivity index (χ0) is 12.4. The second-order valence-electron chi connectivity index (χ2n) is 4.55. The van der Waals surface area contributed by atoms with Crippen LogP contribution >= 0.6 is 0 Å². The van der Waals surface area contributed by atoms with Gasteiger partial charge < -0.3 is 14.5 Å². The van der Waals surface area contributed by atoms with Crippen molar-refractivity contribution >= 4 is 11.0 Å². The van der Waals surface area contributed by atoms with E-state index in [4.69, 9.17) is 9.15 Å². The third-order valence-electron chi connectivity index (χ3n) is 2.91. The van der Waals surface area contributed by atoms with Crippen molar-refractivity contribution in [1.82, 2.24) is 5.32 Å². The van der Waals surface area contributed by atoms with Crippen molar-refractivity contribution in [3.05, 3.63) is 29.5 Å². The monoisotopic (exact) mass is 233 g/mol. The summed E-state index contributed by atoms with van der Waals surface area (Å²) in [5.74, 6) is 1.87. The second-order valence-corrected chi connectivity index (χ2v) is 4.55. The lowest BCUT2D eigenvalue weighted by Crippen LogP contribution is -2.21. The quantitative estimate of drug-likeness (QED) is 0.880. The van der Waals surface area contributed by atoms with Crippen LogP contribution in [0.25, 0.3) is 11.0 Å². The molecule has 1 aromatic carbocycles. The summed E-state index contributed by atoms with van der Waals surface area (Å²) < 4.78 is 11.1. The average molecular weight is 233 g/mol. The molecule has 0 spiro atoms. The van der Waals surface area contributed by atoms with Gasteiger partial charge in [0.2, 0.25) is 0 Å². The van der Waals surface area contributed by atoms with E-state index in [2.05, 4.69) is 26.1 Å². The molecule has 1 heterocycles. The minimum atomic E-state index is 0.456. The van der Waals surface area contributed by atoms with Crippen LogP contribution in [-0.4, -0.2) is 13.2 Å². The van der Waals surface area contributed by atoms with Crippen molar-refractivity contribution < 1.29 is 9.15 Å². The predicted octanol–water partition coefficient (Wildman–Crippen LogP) is 3.25. The van der Waals surface area contributed by atoms with E-state index in [-0.39, 0.29) is 0 Å². The minimum absolute atomic E-state index is 0.456. The van der Waals surface area contributed by atoms with Crippen LogP contribution in [0, 0.1) is 6.92 Å². The fourth-order valence-electron chi connectivity index (χ4n) is 1.84. The molecule has 0 atom stereocenters. The highest BCUT2D eigenvalue weighted by atomic mass is 16.5. The highest BCUT2D eigenvalue weighted by Crippen LogP contribution is 2.28. The molecule has 0 saturated carbocycles. The van der Waals surface area contributed by atoms with Gasteiger partial charge in [0, 0.05) is 11.4 Å². The summed E-state index contributed by atoms with van der Waals surface area (Å²) in [7, 11) is 1.68. The fourth-order valence-corrected chi connectivity index (χ4v) is 1.84. The van der Waals surface area contributed by atoms with E-state index >= 15 is 0 Å². The number of ether oxygens (including phenoxy) is 1. The van der Waals surface area contributed by atoms with Gasteiger partial charge in [-0.2, -0.15) is 0 Å². The Balaban J connectivity index is 2.35. The van der Waals surface area contributed by atoms with Gasteiger partial charge in [-0.15, -0.1) is 0 Å². The molecule has 92 valence electrons. The smallest absolute Gasteiger partial charge is 0.134 e. The Kier molecular flexibility index (Phi) is 3.38. The molecule has 3 heteroatoms. The highest BCUT2D eigenvalue weighted by Gasteiger charge is 2.11. The standard InChI is InChI=1S/C14H19NO2/c1-9(2)15-8-14-10(3)12-7-11(16-4)5-6-13(12)17-14/h5-7,9,15H,8H2,1-4H3. The lowest BCUT2D eigenvalue weighted by atomic mass is 10.1. The number of methoxy groups -OCH3 is 1. The van der Waals surface area contributed by atoms with Crippen molar-refractivity contribution in [1.29, 1.82) is 0 Å². The van der Waals surface area contributed by atoms with Crippen molar-refractivity contribution in [2.75, 3.05) is 7.11 Å². The summed E-state index contributed by atoms with van der Waals surface area (Å²) in [6, 6.07) is 6.36. The Morgan fingerprint density at radius 2 is 2.12 bits per heavy atom. The van der Waals surface area contributed by atoms with Gasteiger partial charge in [0.05, 0.1) is 13.7 Å². The summed E-state index contributed by atoms with van der Waals surface area (Å²) >= 11 is 0. The molecule has 0 saturated heterocycles. The number of rotatable bonds is 4. The zero-order valence-corrected chi connectivity index (χ0v) is 10.8. The van der Waals surface area contributed by atoms with Gasteiger partial charge in [-0.1, -0.05) is 13.8 Å². The van der Waals surface area contributed by atoms with Crippen LogP contribution in [0.2, 0.25) is 0 Å². The van der Waals surface area contributed by atoms with Gasteiger partial charge in [0.25, 0.3) is 0 Å². The molecule has 1 N–H and O–H groups in total. The highest BCUT2D eigenvalue weighted by molar-refractivity contribution is 5.83. The molecule has 1 aromatic heterocycles. The largest absolute Gasteiger partial charge is 0.497 e. The van der Waals surface area contributed by atoms with Crippen molar-refractivity contribution in [2.45, 2.75) is 33.4 Å². The molecule has 0 unspecified atom stereocenters. The number of hydrogen-bond acceptors (Lipinski definition) is 3. The van der Waals surface area contributed by atoms with Crippen molar-refractivity contribution in [3.63, 3.8) is 0 Å². The van der Waals surface area contributed by atoms with Crippen molar-refractivity contribution in [3.8, 4) is 5.75 Å². The molecule has 2 aromatic rings. The first-order valence-electron chi connectivity index (χ1n) is 5.91. The molecular weight excluding hydrogens is 214 g/mol. The number of nitrogens with one attached hydrogen (secondary N) is 1. The van der Waals surface area contributed by atoms with E-state index in [0.29, 0.717) is 6.04 Å². The van der Waals surface area contributed by atoms with Crippen LogP contribution in [0.4, 0.5) is 0 Å². The number of aryl methyl sites for hydroxylation is 1. The topological polar surface area (TPSA) is 34.4 Å². The molecular formula is C14H19NO2. The van der Waals surface area contributed by atoms with E-state index in [9.17, 15) is 0 Å². The molecule has 2 rings (SSSR count). The van der Waals surface area contributed by atoms with E-state index in [1.165, 1.54) is 5.56 Å². The van der Waals surface area contributed by atoms with Crippen LogP contribution in [0.1, 0.15) is 25.2 Å². The van der Waals surface area contributed by atoms with E-state index in [1.54, 1.807) is 7.11 Å². The third-order valence-corrected chi connectivity index (χ3v) is 2.91. The Hall–Kier alpha value is -1.48. The van der Waals surface area contributed by atoms with Crippen LogP contribution in [0.3, 0.4) is 0 Å². The summed E-state index contributed by atoms with van der Waals surface area (Å²) in [5.41, 5.74) is 2.11. The zero-order valence-electron chi connectivity index (χ0n) is 10.8. The first-order chi connectivity index (χ1) is 8.11. The van der Waals surface area contributed by atoms with Crippen LogP contribution in [0.5, 0.6) is 5.75 Å². The maximum absolute atomic E-state index is 5.83. The molecule has 0 aliphatic carbocycles. The number of hydrogen-bond donors (Lipinski definition) is 1. The lowest BCUT2D eigenvalue weighted by molar-refractivity contribution is 0.415. The Bertz CT molecular complexity index is 514. The normalized spacial score (nSPS) is 11.4. The lowest BCUT2D eigenvalue weighted by Gasteiger charge is -2.05. The second kappa shape index (κ2) is 4.80. The van der Waals surface area contributed by atoms with Crippen LogP contribution in [0.15, 0.2) is 22.6 Å². The molecule has 0 fully saturated rings. The van der Waals surface area contributed by atoms with Gasteiger partial charge in [0.1, 0.15) is 17.1 Å². The predicted molar refractivity (Wildman–Crippen MR) is 69.5 cm³/mol. The third kappa shape index (κ3) is 2.44. The summed E-state index contributed by atoms with van der Waals surface area (Å²) in [4.78, 5) is 0. The van der Waals surface area contributed by atoms with Crippen LogP contribution in [-0.2, 0) is 6.54 Å². The first-order valence-corrected chi connectivity index (χ1v) is 5.91. The van der Waals surface area contributed by atoms with Gasteiger partial charge >= 0.3 is 0 Å². The number of benzene rings is 1. The summed E-state index contributed by atoms with van der Waals surface area (Å²) in [6.07, 6.45) is 0. The number of fused-ring (bicyclic) bond motifs is 1. The molecule has 0 amide bonds. The van der Waals surface area contributed by atoms with E-state index in [1.807, 2.05) is 18.2 Å². The molecule has 0 aliphatic rings.